The number of carbonyl (C=O) groups excluding carboxylic acids is 2. The van der Waals surface area contributed by atoms with Gasteiger partial charge in [-0.3, -0.25) is 14.3 Å². The van der Waals surface area contributed by atoms with Crippen molar-refractivity contribution in [2.75, 3.05) is 17.1 Å². The average molecular weight is 642 g/mol. The summed E-state index contributed by atoms with van der Waals surface area (Å²) in [5.41, 5.74) is 3.20. The number of anilines is 2. The Hall–Kier alpha value is -4.20. The van der Waals surface area contributed by atoms with E-state index in [1.165, 1.54) is 19.2 Å². The van der Waals surface area contributed by atoms with Crippen LogP contribution in [0.15, 0.2) is 76.0 Å². The fraction of sp³-hybridized carbons (Fsp3) is 0.290. The minimum Gasteiger partial charge on any atom is -0.468 e. The number of amides is 1. The van der Waals surface area contributed by atoms with Crippen LogP contribution in [0.2, 0.25) is 0 Å². The number of furan rings is 1. The molecule has 1 amide bonds. The molecule has 3 N–H and O–H groups in total. The highest BCUT2D eigenvalue weighted by Crippen LogP contribution is 2.33. The number of hydrogen-bond acceptors (Lipinski definition) is 8. The van der Waals surface area contributed by atoms with Crippen LogP contribution in [-0.4, -0.2) is 47.1 Å². The summed E-state index contributed by atoms with van der Waals surface area (Å²) >= 11 is 0. The summed E-state index contributed by atoms with van der Waals surface area (Å²) in [5, 5.41) is 2.66. The van der Waals surface area contributed by atoms with Gasteiger partial charge in [0, 0.05) is 16.6 Å². The first-order chi connectivity index (χ1) is 20.6. The van der Waals surface area contributed by atoms with E-state index in [1.54, 1.807) is 89.2 Å². The summed E-state index contributed by atoms with van der Waals surface area (Å²) < 4.78 is 66.2. The van der Waals surface area contributed by atoms with Gasteiger partial charge >= 0.3 is 5.97 Å². The Morgan fingerprint density at radius 3 is 1.98 bits per heavy atom. The number of fused-ring (bicyclic) bond motifs is 1. The number of rotatable bonds is 11. The first kappa shape index (κ1) is 32.7. The van der Waals surface area contributed by atoms with Gasteiger partial charge in [0.1, 0.15) is 11.6 Å². The van der Waals surface area contributed by atoms with Crippen LogP contribution in [0, 0.1) is 12.8 Å². The molecule has 0 bridgehead atoms. The smallest absolute Gasteiger partial charge is 0.324 e. The molecule has 1 heterocycles. The number of benzene rings is 3. The molecule has 4 aromatic rings. The number of methoxy groups -OCH3 is 1. The lowest BCUT2D eigenvalue weighted by molar-refractivity contribution is -0.143. The van der Waals surface area contributed by atoms with Crippen LogP contribution in [0.1, 0.15) is 43.8 Å². The fourth-order valence-electron chi connectivity index (χ4n) is 4.45. The maximum absolute atomic E-state index is 13.1. The molecule has 44 heavy (non-hydrogen) atoms. The summed E-state index contributed by atoms with van der Waals surface area (Å²) in [6.45, 7) is 8.27. The SMILES string of the molecule is COC(=O)[C@@H](NS(=O)(=O)c1ccc(-c2ccc(NC(=O)c3oc4cccc(NS(=O)(=O)C(C)C)c4c3C)cc2)cc1)C(C)C. The first-order valence-electron chi connectivity index (χ1n) is 13.8. The van der Waals surface area contributed by atoms with Gasteiger partial charge in [0.25, 0.3) is 5.91 Å². The molecular formula is C31H35N3O8S2. The van der Waals surface area contributed by atoms with Gasteiger partial charge in [0.15, 0.2) is 5.76 Å². The van der Waals surface area contributed by atoms with Crippen LogP contribution in [0.25, 0.3) is 22.1 Å². The Labute approximate surface area is 257 Å². The van der Waals surface area contributed by atoms with Crippen LogP contribution in [0.5, 0.6) is 0 Å². The van der Waals surface area contributed by atoms with E-state index in [4.69, 9.17) is 9.15 Å². The molecule has 0 saturated heterocycles. The zero-order valence-corrected chi connectivity index (χ0v) is 26.8. The van der Waals surface area contributed by atoms with Gasteiger partial charge in [-0.15, -0.1) is 0 Å². The van der Waals surface area contributed by atoms with E-state index in [2.05, 4.69) is 14.8 Å². The lowest BCUT2D eigenvalue weighted by Gasteiger charge is -2.19. The molecule has 13 heteroatoms. The number of esters is 1. The van der Waals surface area contributed by atoms with Crippen molar-refractivity contribution in [2.45, 2.75) is 50.8 Å². The van der Waals surface area contributed by atoms with E-state index in [-0.39, 0.29) is 16.6 Å². The van der Waals surface area contributed by atoms with Crippen molar-refractivity contribution in [3.05, 3.63) is 78.1 Å². The quantitative estimate of drug-likeness (QED) is 0.186. The van der Waals surface area contributed by atoms with Crippen LogP contribution in [-0.2, 0) is 29.6 Å². The van der Waals surface area contributed by atoms with Gasteiger partial charge < -0.3 is 14.5 Å². The van der Waals surface area contributed by atoms with Gasteiger partial charge in [-0.2, -0.15) is 4.72 Å². The standard InChI is InChI=1S/C31H35N3O8S2/c1-18(2)28(31(36)41-6)34-44(39,40)24-16-12-22(13-17-24)21-10-14-23(15-11-21)32-30(35)29-20(5)27-25(8-7-9-26(27)42-29)33-43(37,38)19(3)4/h7-19,28,33-34H,1-6H3,(H,32,35)/t28-/m0/s1. The maximum Gasteiger partial charge on any atom is 0.324 e. The number of carbonyl (C=O) groups is 2. The predicted molar refractivity (Wildman–Crippen MR) is 169 cm³/mol. The monoisotopic (exact) mass is 641 g/mol. The number of hydrogen-bond donors (Lipinski definition) is 3. The average Bonchev–Trinajstić information content (AvgIpc) is 3.33. The molecule has 1 atom stereocenters. The molecule has 4 rings (SSSR count). The topological polar surface area (TPSA) is 161 Å². The summed E-state index contributed by atoms with van der Waals surface area (Å²) in [6, 6.07) is 17.0. The van der Waals surface area contributed by atoms with Gasteiger partial charge in [0.2, 0.25) is 20.0 Å². The van der Waals surface area contributed by atoms with E-state index < -0.39 is 43.2 Å². The summed E-state index contributed by atoms with van der Waals surface area (Å²) in [4.78, 5) is 25.2. The van der Waals surface area contributed by atoms with E-state index >= 15 is 0 Å². The molecule has 0 radical (unpaired) electrons. The number of ether oxygens (including phenoxy) is 1. The van der Waals surface area contributed by atoms with E-state index in [0.29, 0.717) is 27.9 Å². The second kappa shape index (κ2) is 12.8. The van der Waals surface area contributed by atoms with Crippen molar-refractivity contribution in [1.29, 1.82) is 0 Å². The van der Waals surface area contributed by atoms with Crippen molar-refractivity contribution < 1.29 is 35.6 Å². The molecular weight excluding hydrogens is 606 g/mol. The van der Waals surface area contributed by atoms with Gasteiger partial charge in [-0.1, -0.05) is 44.2 Å². The van der Waals surface area contributed by atoms with Crippen LogP contribution in [0.4, 0.5) is 11.4 Å². The molecule has 0 spiro atoms. The zero-order valence-electron chi connectivity index (χ0n) is 25.2. The molecule has 11 nitrogen and oxygen atoms in total. The summed E-state index contributed by atoms with van der Waals surface area (Å²) in [7, 11) is -6.38. The maximum atomic E-state index is 13.1. The van der Waals surface area contributed by atoms with Gasteiger partial charge in [0.05, 0.1) is 22.9 Å². The lowest BCUT2D eigenvalue weighted by atomic mass is 10.1. The van der Waals surface area contributed by atoms with E-state index in [1.807, 2.05) is 0 Å². The van der Waals surface area contributed by atoms with Crippen molar-refractivity contribution in [3.8, 4) is 11.1 Å². The van der Waals surface area contributed by atoms with Crippen molar-refractivity contribution >= 4 is 54.3 Å². The zero-order chi connectivity index (χ0) is 32.4. The Morgan fingerprint density at radius 2 is 1.43 bits per heavy atom. The second-order valence-corrected chi connectivity index (χ2v) is 14.8. The minimum absolute atomic E-state index is 0.000976. The van der Waals surface area contributed by atoms with Crippen molar-refractivity contribution in [1.82, 2.24) is 4.72 Å². The Bertz CT molecular complexity index is 1900. The molecule has 0 fully saturated rings. The Kier molecular flexibility index (Phi) is 9.52. The van der Waals surface area contributed by atoms with Gasteiger partial charge in [-0.25, -0.2) is 16.8 Å². The van der Waals surface area contributed by atoms with E-state index in [0.717, 1.165) is 11.1 Å². The van der Waals surface area contributed by atoms with Crippen molar-refractivity contribution in [3.63, 3.8) is 0 Å². The van der Waals surface area contributed by atoms with Crippen LogP contribution in [0.3, 0.4) is 0 Å². The second-order valence-electron chi connectivity index (χ2n) is 10.9. The number of aryl methyl sites for hydroxylation is 1. The van der Waals surface area contributed by atoms with Crippen LogP contribution < -0.4 is 14.8 Å². The molecule has 0 saturated carbocycles. The molecule has 0 aliphatic rings. The Balaban J connectivity index is 1.50. The molecule has 1 aromatic heterocycles. The molecule has 0 unspecified atom stereocenters. The van der Waals surface area contributed by atoms with E-state index in [9.17, 15) is 26.4 Å². The molecule has 0 aliphatic carbocycles. The molecule has 3 aromatic carbocycles. The highest BCUT2D eigenvalue weighted by molar-refractivity contribution is 7.93. The fourth-order valence-corrected chi connectivity index (χ4v) is 6.50. The minimum atomic E-state index is -3.98. The number of nitrogens with one attached hydrogen (secondary N) is 3. The largest absolute Gasteiger partial charge is 0.468 e. The highest BCUT2D eigenvalue weighted by atomic mass is 32.2. The number of sulfonamides is 2. The third-order valence-corrected chi connectivity index (χ3v) is 10.3. The lowest BCUT2D eigenvalue weighted by Crippen LogP contribution is -2.44. The van der Waals surface area contributed by atoms with Crippen molar-refractivity contribution in [2.24, 2.45) is 5.92 Å². The Morgan fingerprint density at radius 1 is 0.841 bits per heavy atom. The normalized spacial score (nSPS) is 12.8. The molecule has 0 aliphatic heterocycles. The highest BCUT2D eigenvalue weighted by Gasteiger charge is 2.29. The summed E-state index contributed by atoms with van der Waals surface area (Å²) in [6.07, 6.45) is 0. The third kappa shape index (κ3) is 6.95. The molecule has 234 valence electrons. The predicted octanol–water partition coefficient (Wildman–Crippen LogP) is 5.29. The third-order valence-electron chi connectivity index (χ3n) is 7.08. The van der Waals surface area contributed by atoms with Gasteiger partial charge in [-0.05, 0) is 74.2 Å². The summed E-state index contributed by atoms with van der Waals surface area (Å²) in [5.74, 6) is -1.42. The van der Waals surface area contributed by atoms with Crippen LogP contribution >= 0.6 is 0 Å². The first-order valence-corrected chi connectivity index (χ1v) is 16.8.